The Labute approximate surface area is 71.6 Å². The molecule has 2 nitrogen and oxygen atoms in total. The number of rotatable bonds is 1. The van der Waals surface area contributed by atoms with Crippen molar-refractivity contribution in [1.82, 2.24) is 0 Å². The molecular formula is C10H10N2. The highest BCUT2D eigenvalue weighted by Crippen LogP contribution is 2.15. The van der Waals surface area contributed by atoms with Crippen LogP contribution in [0.15, 0.2) is 46.3 Å². The van der Waals surface area contributed by atoms with Gasteiger partial charge in [0.05, 0.1) is 12.2 Å². The molecule has 0 atom stereocenters. The summed E-state index contributed by atoms with van der Waals surface area (Å²) in [7, 11) is 0. The third kappa shape index (κ3) is 1.59. The van der Waals surface area contributed by atoms with Gasteiger partial charge in [-0.25, -0.2) is 0 Å². The van der Waals surface area contributed by atoms with E-state index < -0.39 is 0 Å². The Balaban J connectivity index is 2.22. The summed E-state index contributed by atoms with van der Waals surface area (Å²) < 4.78 is 0. The molecular weight excluding hydrogens is 148 g/mol. The molecule has 1 heterocycles. The number of hydrogen-bond acceptors (Lipinski definition) is 2. The molecule has 0 unspecified atom stereocenters. The summed E-state index contributed by atoms with van der Waals surface area (Å²) in [6.07, 6.45) is 3.06. The number of hydrogen-bond donors (Lipinski definition) is 0. The predicted molar refractivity (Wildman–Crippen MR) is 48.8 cm³/mol. The average Bonchev–Trinajstić information content (AvgIpc) is 2.59. The van der Waals surface area contributed by atoms with Gasteiger partial charge in [-0.3, -0.25) is 0 Å². The van der Waals surface area contributed by atoms with Crippen LogP contribution < -0.4 is 0 Å². The fourth-order valence-electron chi connectivity index (χ4n) is 1.20. The summed E-state index contributed by atoms with van der Waals surface area (Å²) in [4.78, 5) is 0. The van der Waals surface area contributed by atoms with E-state index in [0.29, 0.717) is 0 Å². The van der Waals surface area contributed by atoms with Gasteiger partial charge in [-0.2, -0.15) is 10.2 Å². The van der Waals surface area contributed by atoms with E-state index in [1.165, 1.54) is 5.56 Å². The van der Waals surface area contributed by atoms with Gasteiger partial charge in [-0.05, 0) is 11.6 Å². The first-order valence-electron chi connectivity index (χ1n) is 4.08. The predicted octanol–water partition coefficient (Wildman–Crippen LogP) is 2.88. The maximum absolute atomic E-state index is 4.02. The lowest BCUT2D eigenvalue weighted by molar-refractivity contribution is 1.04. The van der Waals surface area contributed by atoms with E-state index in [2.05, 4.69) is 28.4 Å². The van der Waals surface area contributed by atoms with Crippen molar-refractivity contribution in [2.75, 3.05) is 6.54 Å². The molecule has 0 aliphatic carbocycles. The molecule has 2 heteroatoms. The summed E-state index contributed by atoms with van der Waals surface area (Å²) >= 11 is 0. The number of azo groups is 1. The Morgan fingerprint density at radius 1 is 1.17 bits per heavy atom. The van der Waals surface area contributed by atoms with E-state index in [1.807, 2.05) is 18.2 Å². The van der Waals surface area contributed by atoms with Crippen LogP contribution in [-0.2, 0) is 0 Å². The Morgan fingerprint density at radius 2 is 2.00 bits per heavy atom. The zero-order valence-electron chi connectivity index (χ0n) is 6.77. The van der Waals surface area contributed by atoms with E-state index in [0.717, 1.165) is 18.7 Å². The smallest absolute Gasteiger partial charge is 0.0659 e. The van der Waals surface area contributed by atoms with Crippen molar-refractivity contribution >= 4 is 6.08 Å². The summed E-state index contributed by atoms with van der Waals surface area (Å²) in [6.45, 7) is 0.846. The minimum atomic E-state index is 0.846. The standard InChI is InChI=1S/C10H10N2/c1-2-4-9(5-3-1)8-10-6-7-11-12-10/h1-5,8H,6-7H2. The van der Waals surface area contributed by atoms with E-state index in [4.69, 9.17) is 0 Å². The van der Waals surface area contributed by atoms with Gasteiger partial charge in [-0.1, -0.05) is 30.3 Å². The second kappa shape index (κ2) is 3.30. The molecule has 12 heavy (non-hydrogen) atoms. The summed E-state index contributed by atoms with van der Waals surface area (Å²) in [5.74, 6) is 0. The molecule has 0 amide bonds. The van der Waals surface area contributed by atoms with Crippen molar-refractivity contribution in [3.05, 3.63) is 41.6 Å². The highest BCUT2D eigenvalue weighted by molar-refractivity contribution is 5.52. The van der Waals surface area contributed by atoms with E-state index in [-0.39, 0.29) is 0 Å². The van der Waals surface area contributed by atoms with Crippen LogP contribution in [0.3, 0.4) is 0 Å². The van der Waals surface area contributed by atoms with Crippen molar-refractivity contribution in [1.29, 1.82) is 0 Å². The van der Waals surface area contributed by atoms with Gasteiger partial charge in [0.1, 0.15) is 0 Å². The van der Waals surface area contributed by atoms with Crippen LogP contribution in [0.5, 0.6) is 0 Å². The van der Waals surface area contributed by atoms with Crippen LogP contribution >= 0.6 is 0 Å². The molecule has 0 saturated heterocycles. The molecule has 1 aromatic rings. The maximum atomic E-state index is 4.02. The largest absolute Gasteiger partial charge is 0.189 e. The molecule has 1 aliphatic heterocycles. The third-order valence-corrected chi connectivity index (χ3v) is 1.80. The zero-order chi connectivity index (χ0) is 8.23. The molecule has 2 rings (SSSR count). The lowest BCUT2D eigenvalue weighted by Crippen LogP contribution is -1.75. The van der Waals surface area contributed by atoms with Crippen molar-refractivity contribution in [2.45, 2.75) is 6.42 Å². The molecule has 1 aliphatic rings. The van der Waals surface area contributed by atoms with Gasteiger partial charge in [0.15, 0.2) is 0 Å². The highest BCUT2D eigenvalue weighted by atomic mass is 15.1. The normalized spacial score (nSPS) is 18.8. The Bertz CT molecular complexity index is 312. The molecule has 0 N–H and O–H groups in total. The van der Waals surface area contributed by atoms with Gasteiger partial charge in [0, 0.05) is 6.42 Å². The number of nitrogens with zero attached hydrogens (tertiary/aromatic N) is 2. The number of benzene rings is 1. The van der Waals surface area contributed by atoms with Gasteiger partial charge in [0.2, 0.25) is 0 Å². The van der Waals surface area contributed by atoms with Crippen LogP contribution in [0.1, 0.15) is 12.0 Å². The minimum absolute atomic E-state index is 0.846. The topological polar surface area (TPSA) is 24.7 Å². The second-order valence-corrected chi connectivity index (χ2v) is 2.76. The third-order valence-electron chi connectivity index (χ3n) is 1.80. The monoisotopic (exact) mass is 158 g/mol. The fraction of sp³-hybridized carbons (Fsp3) is 0.200. The van der Waals surface area contributed by atoms with Crippen molar-refractivity contribution in [3.63, 3.8) is 0 Å². The molecule has 0 bridgehead atoms. The molecule has 0 saturated carbocycles. The van der Waals surface area contributed by atoms with Crippen molar-refractivity contribution in [2.24, 2.45) is 10.2 Å². The Morgan fingerprint density at radius 3 is 2.67 bits per heavy atom. The second-order valence-electron chi connectivity index (χ2n) is 2.76. The average molecular weight is 158 g/mol. The van der Waals surface area contributed by atoms with Gasteiger partial charge >= 0.3 is 0 Å². The Hall–Kier alpha value is -1.44. The summed E-state index contributed by atoms with van der Waals surface area (Å²) in [5, 5.41) is 7.93. The quantitative estimate of drug-likeness (QED) is 0.600. The molecule has 1 aromatic carbocycles. The molecule has 0 spiro atoms. The van der Waals surface area contributed by atoms with Crippen LogP contribution in [0.2, 0.25) is 0 Å². The van der Waals surface area contributed by atoms with Crippen LogP contribution in [0.25, 0.3) is 6.08 Å². The lowest BCUT2D eigenvalue weighted by atomic mass is 10.2. The molecule has 60 valence electrons. The first kappa shape index (κ1) is 7.22. The molecule has 0 aromatic heterocycles. The van der Waals surface area contributed by atoms with Crippen LogP contribution in [0, 0.1) is 0 Å². The fourth-order valence-corrected chi connectivity index (χ4v) is 1.20. The lowest BCUT2D eigenvalue weighted by Gasteiger charge is -1.92. The van der Waals surface area contributed by atoms with E-state index in [1.54, 1.807) is 0 Å². The maximum Gasteiger partial charge on any atom is 0.0659 e. The van der Waals surface area contributed by atoms with Crippen LogP contribution in [0.4, 0.5) is 0 Å². The molecule has 0 fully saturated rings. The zero-order valence-corrected chi connectivity index (χ0v) is 6.77. The highest BCUT2D eigenvalue weighted by Gasteiger charge is 2.00. The van der Waals surface area contributed by atoms with Gasteiger partial charge in [-0.15, -0.1) is 0 Å². The summed E-state index contributed by atoms with van der Waals surface area (Å²) in [5.41, 5.74) is 2.29. The minimum Gasteiger partial charge on any atom is -0.189 e. The van der Waals surface area contributed by atoms with E-state index >= 15 is 0 Å². The van der Waals surface area contributed by atoms with E-state index in [9.17, 15) is 0 Å². The van der Waals surface area contributed by atoms with Crippen LogP contribution in [-0.4, -0.2) is 6.54 Å². The van der Waals surface area contributed by atoms with Gasteiger partial charge in [0.25, 0.3) is 0 Å². The van der Waals surface area contributed by atoms with Crippen molar-refractivity contribution in [3.8, 4) is 0 Å². The molecule has 0 radical (unpaired) electrons. The van der Waals surface area contributed by atoms with Gasteiger partial charge < -0.3 is 0 Å². The Kier molecular flexibility index (Phi) is 1.99. The SMILES string of the molecule is C(=C1CCN=N1)c1ccccc1. The summed E-state index contributed by atoms with van der Waals surface area (Å²) in [6, 6.07) is 10.2. The van der Waals surface area contributed by atoms with Crippen molar-refractivity contribution < 1.29 is 0 Å². The first-order chi connectivity index (χ1) is 5.95. The first-order valence-corrected chi connectivity index (χ1v) is 4.08.